The molecule has 3 saturated heterocycles. The molecule has 7 atom stereocenters. The molecule has 1 spiro atoms. The number of carbonyl (C=O) groups excluding carboxylic acids is 3. The first-order valence-electron chi connectivity index (χ1n) is 15.1. The summed E-state index contributed by atoms with van der Waals surface area (Å²) in [5.41, 5.74) is -2.78. The van der Waals surface area contributed by atoms with E-state index >= 15 is 4.39 Å². The fourth-order valence-electron chi connectivity index (χ4n) is 7.45. The molecule has 2 aromatic rings. The van der Waals surface area contributed by atoms with Crippen LogP contribution in [0.15, 0.2) is 18.2 Å². The summed E-state index contributed by atoms with van der Waals surface area (Å²) in [6, 6.07) is 4.45. The third-order valence-electron chi connectivity index (χ3n) is 9.41. The van der Waals surface area contributed by atoms with E-state index in [0.717, 1.165) is 0 Å². The molecule has 0 saturated carbocycles. The van der Waals surface area contributed by atoms with Gasteiger partial charge in [0.1, 0.15) is 41.7 Å². The molecule has 12 nitrogen and oxygen atoms in total. The van der Waals surface area contributed by atoms with Gasteiger partial charge in [0.25, 0.3) is 0 Å². The van der Waals surface area contributed by atoms with Gasteiger partial charge in [-0.2, -0.15) is 0 Å². The number of alkyl halides is 1. The number of phenols is 2. The van der Waals surface area contributed by atoms with Gasteiger partial charge >= 0.3 is 0 Å². The minimum atomic E-state index is -1.86. The molecule has 0 amide bonds. The number of Topliss-reactive ketones (excluding diaryl/α,β-unsaturated/α-hetero) is 1. The number of benzene rings is 2. The summed E-state index contributed by atoms with van der Waals surface area (Å²) in [6.45, 7) is 7.91. The first kappa shape index (κ1) is 31.2. The third kappa shape index (κ3) is 4.51. The van der Waals surface area contributed by atoms with Gasteiger partial charge in [0.2, 0.25) is 5.78 Å². The minimum absolute atomic E-state index is 0.0227. The van der Waals surface area contributed by atoms with E-state index in [-0.39, 0.29) is 47.5 Å². The van der Waals surface area contributed by atoms with Crippen molar-refractivity contribution in [2.45, 2.75) is 102 Å². The summed E-state index contributed by atoms with van der Waals surface area (Å²) >= 11 is 0. The average Bonchev–Trinajstić information content (AvgIpc) is 3.33. The van der Waals surface area contributed by atoms with Crippen molar-refractivity contribution in [3.63, 3.8) is 0 Å². The zero-order valence-electron chi connectivity index (χ0n) is 26.2. The number of ketones is 3. The molecule has 0 bridgehead atoms. The van der Waals surface area contributed by atoms with Gasteiger partial charge in [-0.1, -0.05) is 12.1 Å². The molecule has 0 radical (unpaired) electrons. The van der Waals surface area contributed by atoms with Crippen LogP contribution >= 0.6 is 0 Å². The van der Waals surface area contributed by atoms with E-state index in [9.17, 15) is 24.6 Å². The maximum atomic E-state index is 16.1. The molecule has 2 aromatic carbocycles. The second-order valence-corrected chi connectivity index (χ2v) is 13.3. The molecule has 3 fully saturated rings. The Bertz CT molecular complexity index is 1680. The lowest BCUT2D eigenvalue weighted by Gasteiger charge is -2.49. The van der Waals surface area contributed by atoms with Crippen molar-refractivity contribution in [2.24, 2.45) is 0 Å². The summed E-state index contributed by atoms with van der Waals surface area (Å²) in [5.74, 6) is -5.44. The van der Waals surface area contributed by atoms with Crippen LogP contribution < -0.4 is 4.74 Å². The normalized spacial score (nSPS) is 34.1. The molecule has 13 heteroatoms. The van der Waals surface area contributed by atoms with Gasteiger partial charge in [0.15, 0.2) is 35.6 Å². The Hall–Kier alpha value is -3.46. The number of rotatable bonds is 3. The Morgan fingerprint density at radius 2 is 1.63 bits per heavy atom. The molecule has 246 valence electrons. The van der Waals surface area contributed by atoms with Gasteiger partial charge in [-0.25, -0.2) is 4.39 Å². The highest BCUT2D eigenvalue weighted by atomic mass is 19.1. The van der Waals surface area contributed by atoms with E-state index in [1.54, 1.807) is 34.6 Å². The lowest BCUT2D eigenvalue weighted by molar-refractivity contribution is -0.308. The van der Waals surface area contributed by atoms with E-state index in [4.69, 9.17) is 33.2 Å². The minimum Gasteiger partial charge on any atom is -0.507 e. The van der Waals surface area contributed by atoms with Crippen LogP contribution in [0.1, 0.15) is 90.1 Å². The summed E-state index contributed by atoms with van der Waals surface area (Å²) in [6.07, 6.45) is -7.77. The largest absolute Gasteiger partial charge is 0.507 e. The third-order valence-corrected chi connectivity index (χ3v) is 9.41. The number of hydrogen-bond acceptors (Lipinski definition) is 12. The van der Waals surface area contributed by atoms with Crippen LogP contribution in [0.3, 0.4) is 0 Å². The molecular formula is C33H35FO12. The first-order valence-corrected chi connectivity index (χ1v) is 15.1. The summed E-state index contributed by atoms with van der Waals surface area (Å²) < 4.78 is 57.1. The highest BCUT2D eigenvalue weighted by Gasteiger charge is 2.58. The SMILES string of the molecule is COc1cccc2c1C(=O)c1c(O)c3c(c(O)c1C2=O)C[C@@]1(C[C@@H]3O[C@@H]2O[C@@H](C)[C@H]3OC(C)(C)O[C@H]3[C@H]2F)OC(C)(C)OCC1=O. The van der Waals surface area contributed by atoms with Gasteiger partial charge in [-0.3, -0.25) is 14.4 Å². The highest BCUT2D eigenvalue weighted by molar-refractivity contribution is 6.31. The second-order valence-electron chi connectivity index (χ2n) is 13.3. The first-order chi connectivity index (χ1) is 21.6. The Morgan fingerprint density at radius 3 is 2.35 bits per heavy atom. The van der Waals surface area contributed by atoms with Crippen LogP contribution in [0.25, 0.3) is 0 Å². The van der Waals surface area contributed by atoms with E-state index in [0.29, 0.717) is 0 Å². The summed E-state index contributed by atoms with van der Waals surface area (Å²) in [7, 11) is 1.34. The van der Waals surface area contributed by atoms with Crippen LogP contribution in [0.4, 0.5) is 4.39 Å². The molecular weight excluding hydrogens is 607 g/mol. The number of fused-ring (bicyclic) bond motifs is 4. The Morgan fingerprint density at radius 1 is 0.935 bits per heavy atom. The fraction of sp³-hybridized carbons (Fsp3) is 0.545. The predicted octanol–water partition coefficient (Wildman–Crippen LogP) is 3.58. The van der Waals surface area contributed by atoms with E-state index < -0.39 is 94.0 Å². The average molecular weight is 643 g/mol. The Labute approximate surface area is 263 Å². The topological polar surface area (TPSA) is 156 Å². The molecule has 7 rings (SSSR count). The van der Waals surface area contributed by atoms with E-state index in [2.05, 4.69) is 0 Å². The highest BCUT2D eigenvalue weighted by Crippen LogP contribution is 2.55. The Balaban J connectivity index is 1.38. The molecule has 3 heterocycles. The predicted molar refractivity (Wildman–Crippen MR) is 154 cm³/mol. The van der Waals surface area contributed by atoms with Crippen LogP contribution in [0, 0.1) is 0 Å². The van der Waals surface area contributed by atoms with E-state index in [1.165, 1.54) is 25.3 Å². The van der Waals surface area contributed by atoms with Crippen molar-refractivity contribution in [1.82, 2.24) is 0 Å². The van der Waals surface area contributed by atoms with Crippen molar-refractivity contribution in [1.29, 1.82) is 0 Å². The monoisotopic (exact) mass is 642 g/mol. The van der Waals surface area contributed by atoms with Gasteiger partial charge in [-0.15, -0.1) is 0 Å². The van der Waals surface area contributed by atoms with Gasteiger partial charge in [0.05, 0.1) is 36.0 Å². The second kappa shape index (κ2) is 10.3. The molecule has 2 N–H and O–H groups in total. The number of methoxy groups -OCH3 is 1. The molecule has 2 aliphatic carbocycles. The lowest BCUT2D eigenvalue weighted by Crippen LogP contribution is -2.59. The quantitative estimate of drug-likeness (QED) is 0.401. The lowest BCUT2D eigenvalue weighted by atomic mass is 9.71. The molecule has 0 aromatic heterocycles. The van der Waals surface area contributed by atoms with Crippen molar-refractivity contribution in [3.8, 4) is 17.2 Å². The maximum Gasteiger partial charge on any atom is 0.202 e. The van der Waals surface area contributed by atoms with Crippen LogP contribution in [-0.2, 0) is 39.6 Å². The van der Waals surface area contributed by atoms with Crippen LogP contribution in [-0.4, -0.2) is 89.2 Å². The van der Waals surface area contributed by atoms with Crippen molar-refractivity contribution in [3.05, 3.63) is 51.6 Å². The van der Waals surface area contributed by atoms with Crippen molar-refractivity contribution < 1.29 is 62.1 Å². The smallest absolute Gasteiger partial charge is 0.202 e. The number of carbonyl (C=O) groups is 3. The van der Waals surface area contributed by atoms with Gasteiger partial charge in [-0.05, 0) is 40.7 Å². The fourth-order valence-corrected chi connectivity index (χ4v) is 7.45. The van der Waals surface area contributed by atoms with Crippen LogP contribution in [0.5, 0.6) is 17.2 Å². The molecule has 3 aliphatic heterocycles. The zero-order valence-corrected chi connectivity index (χ0v) is 26.2. The van der Waals surface area contributed by atoms with Gasteiger partial charge in [0, 0.05) is 29.5 Å². The van der Waals surface area contributed by atoms with Crippen molar-refractivity contribution in [2.75, 3.05) is 13.7 Å². The van der Waals surface area contributed by atoms with Crippen molar-refractivity contribution >= 4 is 17.3 Å². The standard InChI is InChI=1S/C33H35FO12/c1-13-28-29(45-32(4,5)44-28)23(34)30(42-13)43-17-11-33(18(35)12-41-31(2,3)46-33)10-15-20(17)27(39)22-21(25(15)37)24(36)14-8-7-9-16(40-6)19(14)26(22)38/h7-9,13,17,23,28-30,37,39H,10-12H2,1-6H3/t13-,17-,23+,28+,29-,30-,33-/m0/s1. The number of hydrogen-bond donors (Lipinski definition) is 2. The molecule has 46 heavy (non-hydrogen) atoms. The zero-order chi connectivity index (χ0) is 33.1. The molecule has 5 aliphatic rings. The number of phenolic OH excluding ortho intramolecular Hbond substituents is 2. The van der Waals surface area contributed by atoms with E-state index in [1.807, 2.05) is 0 Å². The summed E-state index contributed by atoms with van der Waals surface area (Å²) in [4.78, 5) is 41.3. The Kier molecular flexibility index (Phi) is 6.95. The van der Waals surface area contributed by atoms with Crippen LogP contribution in [0.2, 0.25) is 0 Å². The number of halogens is 1. The number of ether oxygens (including phenoxy) is 7. The number of aromatic hydroxyl groups is 2. The molecule has 0 unspecified atom stereocenters. The summed E-state index contributed by atoms with van der Waals surface area (Å²) in [5, 5.41) is 23.6. The van der Waals surface area contributed by atoms with Gasteiger partial charge < -0.3 is 43.4 Å². The maximum absolute atomic E-state index is 16.1.